The molecule has 0 aliphatic heterocycles. The molecule has 1 aromatic rings. The molecule has 2 nitrogen and oxygen atoms in total. The minimum absolute atomic E-state index is 0.389. The van der Waals surface area contributed by atoms with E-state index in [1.54, 1.807) is 0 Å². The number of halogens is 3. The van der Waals surface area contributed by atoms with Crippen LogP contribution in [0.1, 0.15) is 17.7 Å². The van der Waals surface area contributed by atoms with Crippen molar-refractivity contribution in [2.24, 2.45) is 0 Å². The molecule has 0 saturated heterocycles. The van der Waals surface area contributed by atoms with Crippen molar-refractivity contribution in [1.82, 2.24) is 0 Å². The molecule has 0 aromatic heterocycles. The molecule has 1 aromatic carbocycles. The summed E-state index contributed by atoms with van der Waals surface area (Å²) in [5, 5.41) is -0.0419. The van der Waals surface area contributed by atoms with Crippen LogP contribution in [0.2, 0.25) is 10.0 Å². The molecule has 6 heteroatoms. The molecule has 1 rings (SSSR count). The molecule has 0 fully saturated rings. The molecule has 0 aliphatic rings. The third-order valence-electron chi connectivity index (χ3n) is 1.78. The number of hydrogen-bond donors (Lipinski definition) is 0. The lowest BCUT2D eigenvalue weighted by Crippen LogP contribution is -2.02. The van der Waals surface area contributed by atoms with Gasteiger partial charge in [-0.25, -0.2) is 8.42 Å². The van der Waals surface area contributed by atoms with Crippen LogP contribution in [-0.4, -0.2) is 8.42 Å². The number of benzene rings is 1. The SMILES string of the molecule is CC(c1cc(Cl)cc(Cl)c1)S(=O)(=O)Cl. The highest BCUT2D eigenvalue weighted by molar-refractivity contribution is 8.13. The molecule has 1 atom stereocenters. The fraction of sp³-hybridized carbons (Fsp3) is 0.250. The summed E-state index contributed by atoms with van der Waals surface area (Å²) in [6, 6.07) is 4.58. The zero-order valence-corrected chi connectivity index (χ0v) is 10.3. The summed E-state index contributed by atoms with van der Waals surface area (Å²) >= 11 is 11.4. The molecule has 0 amide bonds. The van der Waals surface area contributed by atoms with Gasteiger partial charge in [0.25, 0.3) is 0 Å². The van der Waals surface area contributed by atoms with Gasteiger partial charge >= 0.3 is 0 Å². The first-order valence-corrected chi connectivity index (χ1v) is 6.83. The highest BCUT2D eigenvalue weighted by atomic mass is 35.7. The maximum atomic E-state index is 11.0. The van der Waals surface area contributed by atoms with Crippen molar-refractivity contribution in [2.45, 2.75) is 12.2 Å². The fourth-order valence-electron chi connectivity index (χ4n) is 0.972. The van der Waals surface area contributed by atoms with Gasteiger partial charge < -0.3 is 0 Å². The largest absolute Gasteiger partial charge is 0.239 e. The minimum atomic E-state index is -3.63. The molecule has 1 unspecified atom stereocenters. The third-order valence-corrected chi connectivity index (χ3v) is 4.13. The summed E-state index contributed by atoms with van der Waals surface area (Å²) < 4.78 is 22.1. The van der Waals surface area contributed by atoms with E-state index < -0.39 is 14.3 Å². The third kappa shape index (κ3) is 3.02. The van der Waals surface area contributed by atoms with Gasteiger partial charge in [0.1, 0.15) is 0 Å². The molecule has 0 aliphatic carbocycles. The lowest BCUT2D eigenvalue weighted by molar-refractivity contribution is 0.600. The van der Waals surface area contributed by atoms with Gasteiger partial charge in [-0.1, -0.05) is 23.2 Å². The molecule has 0 N–H and O–H groups in total. The van der Waals surface area contributed by atoms with Gasteiger partial charge in [0.15, 0.2) is 0 Å². The maximum Gasteiger partial charge on any atom is 0.239 e. The van der Waals surface area contributed by atoms with Crippen molar-refractivity contribution in [3.63, 3.8) is 0 Å². The monoisotopic (exact) mass is 272 g/mol. The first-order valence-electron chi connectivity index (χ1n) is 3.70. The summed E-state index contributed by atoms with van der Waals surface area (Å²) in [4.78, 5) is 0. The predicted molar refractivity (Wildman–Crippen MR) is 59.6 cm³/mol. The van der Waals surface area contributed by atoms with Crippen LogP contribution < -0.4 is 0 Å². The second-order valence-corrected chi connectivity index (χ2v) is 6.64. The first-order chi connectivity index (χ1) is 6.30. The van der Waals surface area contributed by atoms with Gasteiger partial charge in [-0.05, 0) is 30.7 Å². The molecular formula is C8H7Cl3O2S. The lowest BCUT2D eigenvalue weighted by Gasteiger charge is -2.08. The molecule has 78 valence electrons. The van der Waals surface area contributed by atoms with Gasteiger partial charge in [-0.2, -0.15) is 0 Å². The average Bonchev–Trinajstić information content (AvgIpc) is 1.99. The van der Waals surface area contributed by atoms with E-state index in [9.17, 15) is 8.42 Å². The molecule has 0 radical (unpaired) electrons. The van der Waals surface area contributed by atoms with E-state index in [2.05, 4.69) is 0 Å². The van der Waals surface area contributed by atoms with E-state index in [4.69, 9.17) is 33.9 Å². The fourth-order valence-corrected chi connectivity index (χ4v) is 2.29. The summed E-state index contributed by atoms with van der Waals surface area (Å²) in [5.41, 5.74) is 0.484. The quantitative estimate of drug-likeness (QED) is 0.771. The van der Waals surface area contributed by atoms with Crippen LogP contribution in [0.25, 0.3) is 0 Å². The molecule has 0 spiro atoms. The first kappa shape index (κ1) is 12.1. The highest BCUT2D eigenvalue weighted by Gasteiger charge is 2.20. The van der Waals surface area contributed by atoms with Gasteiger partial charge in [-0.15, -0.1) is 0 Å². The van der Waals surface area contributed by atoms with Crippen molar-refractivity contribution in [1.29, 1.82) is 0 Å². The lowest BCUT2D eigenvalue weighted by atomic mass is 10.2. The van der Waals surface area contributed by atoms with E-state index in [0.717, 1.165) is 0 Å². The van der Waals surface area contributed by atoms with Gasteiger partial charge in [0.2, 0.25) is 9.05 Å². The Balaban J connectivity index is 3.20. The smallest absolute Gasteiger partial charge is 0.212 e. The Bertz CT molecular complexity index is 422. The number of rotatable bonds is 2. The van der Waals surface area contributed by atoms with Crippen LogP contribution >= 0.6 is 33.9 Å². The predicted octanol–water partition coefficient (Wildman–Crippen LogP) is 3.62. The zero-order chi connectivity index (χ0) is 10.9. The van der Waals surface area contributed by atoms with Crippen LogP contribution in [0.3, 0.4) is 0 Å². The van der Waals surface area contributed by atoms with Crippen LogP contribution in [0.5, 0.6) is 0 Å². The summed E-state index contributed by atoms with van der Waals surface area (Å²) in [7, 11) is 1.57. The van der Waals surface area contributed by atoms with Crippen LogP contribution in [-0.2, 0) is 9.05 Å². The Labute approximate surface area is 97.2 Å². The van der Waals surface area contributed by atoms with Crippen molar-refractivity contribution >= 4 is 42.9 Å². The van der Waals surface area contributed by atoms with Crippen molar-refractivity contribution in [3.8, 4) is 0 Å². The average molecular weight is 274 g/mol. The molecule has 0 heterocycles. The molecular weight excluding hydrogens is 267 g/mol. The second-order valence-electron chi connectivity index (χ2n) is 2.82. The van der Waals surface area contributed by atoms with E-state index >= 15 is 0 Å². The maximum absolute atomic E-state index is 11.0. The van der Waals surface area contributed by atoms with Crippen LogP contribution in [0.15, 0.2) is 18.2 Å². The Hall–Kier alpha value is 0.0400. The van der Waals surface area contributed by atoms with Crippen molar-refractivity contribution < 1.29 is 8.42 Å². The Morgan fingerprint density at radius 1 is 1.14 bits per heavy atom. The van der Waals surface area contributed by atoms with Gasteiger partial charge in [0, 0.05) is 20.7 Å². The Morgan fingerprint density at radius 3 is 1.93 bits per heavy atom. The summed E-state index contributed by atoms with van der Waals surface area (Å²) in [6.07, 6.45) is 0. The summed E-state index contributed by atoms with van der Waals surface area (Å²) in [5.74, 6) is 0. The van der Waals surface area contributed by atoms with E-state index in [-0.39, 0.29) is 0 Å². The minimum Gasteiger partial charge on any atom is -0.212 e. The standard InChI is InChI=1S/C8H7Cl3O2S/c1-5(14(11,12)13)6-2-7(9)4-8(10)3-6/h2-5H,1H3. The zero-order valence-electron chi connectivity index (χ0n) is 7.17. The highest BCUT2D eigenvalue weighted by Crippen LogP contribution is 2.29. The normalized spacial score (nSPS) is 14.0. The second kappa shape index (κ2) is 4.27. The molecule has 0 bridgehead atoms. The van der Waals surface area contributed by atoms with E-state index in [1.807, 2.05) is 0 Å². The Kier molecular flexibility index (Phi) is 3.69. The van der Waals surface area contributed by atoms with Crippen LogP contribution in [0, 0.1) is 0 Å². The van der Waals surface area contributed by atoms with Crippen LogP contribution in [0.4, 0.5) is 0 Å². The van der Waals surface area contributed by atoms with Gasteiger partial charge in [0.05, 0.1) is 5.25 Å². The van der Waals surface area contributed by atoms with Crippen molar-refractivity contribution in [2.75, 3.05) is 0 Å². The van der Waals surface area contributed by atoms with E-state index in [0.29, 0.717) is 15.6 Å². The van der Waals surface area contributed by atoms with Crippen molar-refractivity contribution in [3.05, 3.63) is 33.8 Å². The summed E-state index contributed by atoms with van der Waals surface area (Å²) in [6.45, 7) is 1.48. The van der Waals surface area contributed by atoms with E-state index in [1.165, 1.54) is 25.1 Å². The van der Waals surface area contributed by atoms with Gasteiger partial charge in [-0.3, -0.25) is 0 Å². The Morgan fingerprint density at radius 2 is 1.57 bits per heavy atom. The topological polar surface area (TPSA) is 34.1 Å². The molecule has 14 heavy (non-hydrogen) atoms. The number of hydrogen-bond acceptors (Lipinski definition) is 2. The molecule has 0 saturated carbocycles.